The van der Waals surface area contributed by atoms with Crippen LogP contribution in [0.3, 0.4) is 0 Å². The first-order valence-electron chi connectivity index (χ1n) is 26.4. The summed E-state index contributed by atoms with van der Waals surface area (Å²) < 4.78 is 11.1. The number of ether oxygens (including phenoxy) is 2. The fourth-order valence-corrected chi connectivity index (χ4v) is 8.28. The highest BCUT2D eigenvalue weighted by molar-refractivity contribution is 5.80. The molecule has 9 atom stereocenters. The molecule has 1 aliphatic heterocycles. The number of hydrogen-bond acceptors (Lipinski definition) is 10. The SMILES string of the molecule is CCCC/C=C/CC/C=C/CC/C=C/CCCC(O)C(O)C(COC1OC(CO)C(O)C(O)C1O)NC(=O)C(O)CCCCCCCCCCCCCCCCCCCCCCCC. The first-order chi connectivity index (χ1) is 31.2. The highest BCUT2D eigenvalue weighted by Gasteiger charge is 2.44. The number of rotatable bonds is 44. The summed E-state index contributed by atoms with van der Waals surface area (Å²) in [5.41, 5.74) is 0. The average molecular weight is 910 g/mol. The zero-order valence-electron chi connectivity index (χ0n) is 40.8. The maximum absolute atomic E-state index is 13.1. The van der Waals surface area contributed by atoms with E-state index in [0.29, 0.717) is 19.3 Å². The van der Waals surface area contributed by atoms with Crippen LogP contribution in [-0.2, 0) is 14.3 Å². The molecule has 11 heteroatoms. The standard InChI is InChI=1S/C53H99NO10/c1-3-5-7-9-11-13-15-17-19-20-21-22-23-24-25-27-29-31-33-35-37-39-41-46(57)52(62)54-44(43-63-53-51(61)50(60)49(59)47(42-55)64-53)48(58)45(56)40-38-36-34-32-30-28-26-18-16-14-12-10-8-6-4-2/h10,12,18,26,32,34,44-51,53,55-61H,3-9,11,13-17,19-25,27-31,33,35-43H2,1-2H3,(H,54,62)/b12-10+,26-18+,34-32+. The monoisotopic (exact) mass is 910 g/mol. The van der Waals surface area contributed by atoms with Crippen molar-refractivity contribution in [1.82, 2.24) is 5.32 Å². The van der Waals surface area contributed by atoms with Crippen LogP contribution >= 0.6 is 0 Å². The van der Waals surface area contributed by atoms with E-state index in [1.54, 1.807) is 0 Å². The predicted octanol–water partition coefficient (Wildman–Crippen LogP) is 9.95. The number of amides is 1. The van der Waals surface area contributed by atoms with Crippen LogP contribution in [-0.4, -0.2) is 110 Å². The van der Waals surface area contributed by atoms with Gasteiger partial charge in [0.15, 0.2) is 6.29 Å². The molecule has 0 radical (unpaired) electrons. The number of hydrogen-bond donors (Lipinski definition) is 8. The quantitative estimate of drug-likeness (QED) is 0.0216. The van der Waals surface area contributed by atoms with Crippen molar-refractivity contribution in [3.05, 3.63) is 36.5 Å². The van der Waals surface area contributed by atoms with Crippen LogP contribution in [0, 0.1) is 0 Å². The number of nitrogens with one attached hydrogen (secondary N) is 1. The summed E-state index contributed by atoms with van der Waals surface area (Å²) in [6.07, 6.45) is 39.1. The molecule has 0 saturated carbocycles. The Bertz CT molecular complexity index is 1130. The molecular weight excluding hydrogens is 811 g/mol. The van der Waals surface area contributed by atoms with Gasteiger partial charge in [-0.05, 0) is 57.8 Å². The molecule has 0 bridgehead atoms. The highest BCUT2D eigenvalue weighted by Crippen LogP contribution is 2.23. The maximum atomic E-state index is 13.1. The van der Waals surface area contributed by atoms with E-state index in [1.807, 2.05) is 0 Å². The van der Waals surface area contributed by atoms with E-state index >= 15 is 0 Å². The van der Waals surface area contributed by atoms with Crippen LogP contribution < -0.4 is 5.32 Å². The van der Waals surface area contributed by atoms with Crippen LogP contribution in [0.25, 0.3) is 0 Å². The molecular formula is C53H99NO10. The molecule has 8 N–H and O–H groups in total. The van der Waals surface area contributed by atoms with Crippen molar-refractivity contribution in [3.8, 4) is 0 Å². The van der Waals surface area contributed by atoms with Crippen LogP contribution in [0.2, 0.25) is 0 Å². The van der Waals surface area contributed by atoms with Gasteiger partial charge in [-0.15, -0.1) is 0 Å². The van der Waals surface area contributed by atoms with Gasteiger partial charge in [0.25, 0.3) is 0 Å². The number of aliphatic hydroxyl groups is 7. The van der Waals surface area contributed by atoms with Gasteiger partial charge in [0.05, 0.1) is 25.4 Å². The molecule has 64 heavy (non-hydrogen) atoms. The van der Waals surface area contributed by atoms with Crippen molar-refractivity contribution >= 4 is 5.91 Å². The van der Waals surface area contributed by atoms with E-state index in [1.165, 1.54) is 128 Å². The lowest BCUT2D eigenvalue weighted by Gasteiger charge is -2.40. The third-order valence-electron chi connectivity index (χ3n) is 12.7. The molecule has 376 valence electrons. The minimum atomic E-state index is -1.67. The van der Waals surface area contributed by atoms with Gasteiger partial charge in [0.1, 0.15) is 36.6 Å². The Morgan fingerprint density at radius 2 is 0.938 bits per heavy atom. The maximum Gasteiger partial charge on any atom is 0.249 e. The Balaban J connectivity index is 2.37. The molecule has 9 unspecified atom stereocenters. The molecule has 0 spiro atoms. The Morgan fingerprint density at radius 3 is 1.38 bits per heavy atom. The van der Waals surface area contributed by atoms with Crippen LogP contribution in [0.4, 0.5) is 0 Å². The summed E-state index contributed by atoms with van der Waals surface area (Å²) in [6, 6.07) is -1.19. The van der Waals surface area contributed by atoms with Gasteiger partial charge in [0.2, 0.25) is 5.91 Å². The van der Waals surface area contributed by atoms with Gasteiger partial charge in [-0.1, -0.05) is 204 Å². The van der Waals surface area contributed by atoms with Gasteiger partial charge in [0, 0.05) is 0 Å². The average Bonchev–Trinajstić information content (AvgIpc) is 3.29. The summed E-state index contributed by atoms with van der Waals surface area (Å²) in [7, 11) is 0. The van der Waals surface area contributed by atoms with Crippen LogP contribution in [0.5, 0.6) is 0 Å². The van der Waals surface area contributed by atoms with Crippen molar-refractivity contribution in [2.45, 2.75) is 281 Å². The van der Waals surface area contributed by atoms with E-state index in [2.05, 4.69) is 55.6 Å². The minimum Gasteiger partial charge on any atom is -0.394 e. The lowest BCUT2D eigenvalue weighted by atomic mass is 9.98. The van der Waals surface area contributed by atoms with E-state index < -0.39 is 74.2 Å². The number of allylic oxidation sites excluding steroid dienone is 6. The zero-order valence-corrected chi connectivity index (χ0v) is 40.8. The first kappa shape index (κ1) is 60.3. The van der Waals surface area contributed by atoms with Crippen molar-refractivity contribution in [1.29, 1.82) is 0 Å². The second-order valence-corrected chi connectivity index (χ2v) is 18.6. The molecule has 1 rings (SSSR count). The summed E-state index contributed by atoms with van der Waals surface area (Å²) in [5, 5.41) is 75.8. The molecule has 0 aliphatic carbocycles. The summed E-state index contributed by atoms with van der Waals surface area (Å²) in [5.74, 6) is -0.711. The fourth-order valence-electron chi connectivity index (χ4n) is 8.28. The summed E-state index contributed by atoms with van der Waals surface area (Å²) in [6.45, 7) is 3.39. The largest absolute Gasteiger partial charge is 0.394 e. The second-order valence-electron chi connectivity index (χ2n) is 18.6. The van der Waals surface area contributed by atoms with E-state index in [0.717, 1.165) is 51.4 Å². The molecule has 1 fully saturated rings. The fraction of sp³-hybridized carbons (Fsp3) is 0.868. The number of carbonyl (C=O) groups excluding carboxylic acids is 1. The molecule has 11 nitrogen and oxygen atoms in total. The molecule has 1 heterocycles. The zero-order chi connectivity index (χ0) is 46.9. The topological polar surface area (TPSA) is 189 Å². The highest BCUT2D eigenvalue weighted by atomic mass is 16.7. The predicted molar refractivity (Wildman–Crippen MR) is 261 cm³/mol. The lowest BCUT2D eigenvalue weighted by Crippen LogP contribution is -2.60. The van der Waals surface area contributed by atoms with Crippen LogP contribution in [0.1, 0.15) is 226 Å². The summed E-state index contributed by atoms with van der Waals surface area (Å²) >= 11 is 0. The molecule has 0 aromatic heterocycles. The third-order valence-corrected chi connectivity index (χ3v) is 12.7. The van der Waals surface area contributed by atoms with Gasteiger partial charge in [-0.2, -0.15) is 0 Å². The van der Waals surface area contributed by atoms with Crippen LogP contribution in [0.15, 0.2) is 36.5 Å². The van der Waals surface area contributed by atoms with Crippen molar-refractivity contribution in [2.75, 3.05) is 13.2 Å². The van der Waals surface area contributed by atoms with Gasteiger partial charge >= 0.3 is 0 Å². The lowest BCUT2D eigenvalue weighted by molar-refractivity contribution is -0.303. The van der Waals surface area contributed by atoms with Crippen molar-refractivity contribution in [3.63, 3.8) is 0 Å². The molecule has 0 aromatic carbocycles. The normalized spacial score (nSPS) is 21.3. The van der Waals surface area contributed by atoms with E-state index in [9.17, 15) is 40.5 Å². The number of carbonyl (C=O) groups is 1. The number of aliphatic hydroxyl groups excluding tert-OH is 7. The number of unbranched alkanes of at least 4 members (excludes halogenated alkanes) is 26. The van der Waals surface area contributed by atoms with Gasteiger partial charge < -0.3 is 50.5 Å². The smallest absolute Gasteiger partial charge is 0.249 e. The Hall–Kier alpha value is -1.67. The van der Waals surface area contributed by atoms with Crippen molar-refractivity contribution in [2.24, 2.45) is 0 Å². The first-order valence-corrected chi connectivity index (χ1v) is 26.4. The Morgan fingerprint density at radius 1 is 0.531 bits per heavy atom. The minimum absolute atomic E-state index is 0.242. The second kappa shape index (κ2) is 42.7. The molecule has 0 aromatic rings. The molecule has 1 saturated heterocycles. The molecule has 1 aliphatic rings. The third kappa shape index (κ3) is 31.3. The van der Waals surface area contributed by atoms with E-state index in [-0.39, 0.29) is 12.8 Å². The Labute approximate surface area is 390 Å². The van der Waals surface area contributed by atoms with E-state index in [4.69, 9.17) is 9.47 Å². The van der Waals surface area contributed by atoms with Crippen molar-refractivity contribution < 1.29 is 50.0 Å². The van der Waals surface area contributed by atoms with Gasteiger partial charge in [-0.25, -0.2) is 0 Å². The molecule has 1 amide bonds. The Kier molecular flexibility index (Phi) is 40.2. The van der Waals surface area contributed by atoms with Gasteiger partial charge in [-0.3, -0.25) is 4.79 Å². The summed E-state index contributed by atoms with van der Waals surface area (Å²) in [4.78, 5) is 13.1.